The predicted octanol–water partition coefficient (Wildman–Crippen LogP) is 2.05. The van der Waals surface area contributed by atoms with Gasteiger partial charge in [0.25, 0.3) is 5.91 Å². The van der Waals surface area contributed by atoms with Crippen LogP contribution in [0.5, 0.6) is 0 Å². The SMILES string of the molecule is CC(=O)Nc1sc(C(=O)NN=Cc2ccncc2)c(C)c1C#N. The summed E-state index contributed by atoms with van der Waals surface area (Å²) in [7, 11) is 0. The summed E-state index contributed by atoms with van der Waals surface area (Å²) >= 11 is 1.04. The van der Waals surface area contributed by atoms with Gasteiger partial charge in [-0.15, -0.1) is 11.3 Å². The molecule has 0 unspecified atom stereocenters. The molecule has 2 rings (SSSR count). The fraction of sp³-hybridized carbons (Fsp3) is 0.133. The molecule has 8 heteroatoms. The molecule has 0 saturated carbocycles. The third-order valence-electron chi connectivity index (χ3n) is 2.84. The van der Waals surface area contributed by atoms with E-state index in [0.717, 1.165) is 16.9 Å². The lowest BCUT2D eigenvalue weighted by atomic mass is 10.1. The second kappa shape index (κ2) is 7.29. The number of pyridine rings is 1. The van der Waals surface area contributed by atoms with Crippen LogP contribution < -0.4 is 10.7 Å². The number of thiophene rings is 1. The molecule has 0 radical (unpaired) electrons. The zero-order valence-electron chi connectivity index (χ0n) is 12.5. The minimum absolute atomic E-state index is 0.286. The van der Waals surface area contributed by atoms with Crippen molar-refractivity contribution in [3.63, 3.8) is 0 Å². The van der Waals surface area contributed by atoms with Gasteiger partial charge in [-0.1, -0.05) is 0 Å². The summed E-state index contributed by atoms with van der Waals surface area (Å²) in [6.45, 7) is 3.00. The van der Waals surface area contributed by atoms with Crippen molar-refractivity contribution in [1.82, 2.24) is 10.4 Å². The molecule has 0 fully saturated rings. The van der Waals surface area contributed by atoms with Crippen LogP contribution >= 0.6 is 11.3 Å². The van der Waals surface area contributed by atoms with Crippen LogP contribution in [0.15, 0.2) is 29.6 Å². The Labute approximate surface area is 136 Å². The van der Waals surface area contributed by atoms with Gasteiger partial charge in [0.15, 0.2) is 0 Å². The second-order valence-electron chi connectivity index (χ2n) is 4.53. The molecule has 7 nitrogen and oxygen atoms in total. The molecule has 2 amide bonds. The number of anilines is 1. The van der Waals surface area contributed by atoms with E-state index in [-0.39, 0.29) is 11.5 Å². The van der Waals surface area contributed by atoms with Gasteiger partial charge in [-0.25, -0.2) is 5.43 Å². The van der Waals surface area contributed by atoms with E-state index >= 15 is 0 Å². The molecule has 2 heterocycles. The van der Waals surface area contributed by atoms with Crippen LogP contribution in [0, 0.1) is 18.3 Å². The zero-order valence-corrected chi connectivity index (χ0v) is 13.3. The highest BCUT2D eigenvalue weighted by atomic mass is 32.1. The summed E-state index contributed by atoms with van der Waals surface area (Å²) < 4.78 is 0. The minimum Gasteiger partial charge on any atom is -0.317 e. The van der Waals surface area contributed by atoms with Crippen LogP contribution in [0.25, 0.3) is 0 Å². The molecule has 0 bridgehead atoms. The van der Waals surface area contributed by atoms with E-state index in [9.17, 15) is 14.9 Å². The van der Waals surface area contributed by atoms with E-state index < -0.39 is 5.91 Å². The Hall–Kier alpha value is -3.05. The first-order valence-corrected chi connectivity index (χ1v) is 7.39. The molecule has 2 N–H and O–H groups in total. The van der Waals surface area contributed by atoms with Gasteiger partial charge in [0.1, 0.15) is 15.9 Å². The average molecular weight is 327 g/mol. The number of carbonyl (C=O) groups excluding carboxylic acids is 2. The summed E-state index contributed by atoms with van der Waals surface area (Å²) in [4.78, 5) is 27.5. The van der Waals surface area contributed by atoms with E-state index in [2.05, 4.69) is 20.8 Å². The fourth-order valence-electron chi connectivity index (χ4n) is 1.78. The number of hydrogen-bond donors (Lipinski definition) is 2. The highest BCUT2D eigenvalue weighted by Gasteiger charge is 2.20. The lowest BCUT2D eigenvalue weighted by Crippen LogP contribution is -2.17. The van der Waals surface area contributed by atoms with E-state index in [1.54, 1.807) is 31.5 Å². The molecular weight excluding hydrogens is 314 g/mol. The Morgan fingerprint density at radius 2 is 2.09 bits per heavy atom. The fourth-order valence-corrected chi connectivity index (χ4v) is 2.87. The standard InChI is InChI=1S/C15H13N5O2S/c1-9-12(7-16)15(19-10(2)21)23-13(9)14(22)20-18-8-11-3-5-17-6-4-11/h3-6,8H,1-2H3,(H,19,21)(H,20,22). The summed E-state index contributed by atoms with van der Waals surface area (Å²) in [5.74, 6) is -0.740. The molecule has 0 atom stereocenters. The van der Waals surface area contributed by atoms with Gasteiger partial charge in [-0.3, -0.25) is 14.6 Å². The molecule has 2 aromatic heterocycles. The maximum atomic E-state index is 12.2. The number of hydrogen-bond acceptors (Lipinski definition) is 6. The van der Waals surface area contributed by atoms with Crippen molar-refractivity contribution in [1.29, 1.82) is 5.26 Å². The normalized spacial score (nSPS) is 10.3. The van der Waals surface area contributed by atoms with Gasteiger partial charge >= 0.3 is 0 Å². The molecular formula is C15H13N5O2S. The second-order valence-corrected chi connectivity index (χ2v) is 5.55. The highest BCUT2D eigenvalue weighted by molar-refractivity contribution is 7.18. The summed E-state index contributed by atoms with van der Waals surface area (Å²) in [6.07, 6.45) is 4.72. The quantitative estimate of drug-likeness (QED) is 0.662. The van der Waals surface area contributed by atoms with Crippen LogP contribution in [-0.4, -0.2) is 23.0 Å². The van der Waals surface area contributed by atoms with Crippen molar-refractivity contribution in [2.75, 3.05) is 5.32 Å². The number of amides is 2. The van der Waals surface area contributed by atoms with Gasteiger partial charge in [-0.2, -0.15) is 10.4 Å². The number of nitriles is 1. The number of nitrogens with zero attached hydrogens (tertiary/aromatic N) is 3. The molecule has 0 spiro atoms. The number of nitrogens with one attached hydrogen (secondary N) is 2. The highest BCUT2D eigenvalue weighted by Crippen LogP contribution is 2.32. The number of rotatable bonds is 4. The van der Waals surface area contributed by atoms with Crippen molar-refractivity contribution in [2.24, 2.45) is 5.10 Å². The van der Waals surface area contributed by atoms with Gasteiger partial charge in [-0.05, 0) is 30.2 Å². The summed E-state index contributed by atoms with van der Waals surface area (Å²) in [5, 5.41) is 16.0. The molecule has 23 heavy (non-hydrogen) atoms. The molecule has 0 aliphatic carbocycles. The first-order chi connectivity index (χ1) is 11.0. The number of aromatic nitrogens is 1. The first kappa shape index (κ1) is 16.3. The maximum Gasteiger partial charge on any atom is 0.281 e. The Kier molecular flexibility index (Phi) is 5.17. The molecule has 0 aliphatic heterocycles. The predicted molar refractivity (Wildman–Crippen MR) is 87.4 cm³/mol. The van der Waals surface area contributed by atoms with Gasteiger partial charge in [0.2, 0.25) is 5.91 Å². The van der Waals surface area contributed by atoms with E-state index in [1.165, 1.54) is 13.1 Å². The molecule has 0 saturated heterocycles. The van der Waals surface area contributed by atoms with Crippen LogP contribution in [0.4, 0.5) is 5.00 Å². The third kappa shape index (κ3) is 3.99. The van der Waals surface area contributed by atoms with E-state index in [4.69, 9.17) is 0 Å². The van der Waals surface area contributed by atoms with Crippen LogP contribution in [0.3, 0.4) is 0 Å². The Balaban J connectivity index is 2.16. The maximum absolute atomic E-state index is 12.2. The Morgan fingerprint density at radius 3 is 2.70 bits per heavy atom. The number of carbonyl (C=O) groups is 2. The summed E-state index contributed by atoms with van der Waals surface area (Å²) in [5.41, 5.74) is 3.99. The van der Waals surface area contributed by atoms with Crippen LogP contribution in [0.1, 0.15) is 33.3 Å². The minimum atomic E-state index is -0.439. The third-order valence-corrected chi connectivity index (χ3v) is 4.05. The molecule has 116 valence electrons. The average Bonchev–Trinajstić information content (AvgIpc) is 2.83. The lowest BCUT2D eigenvalue weighted by Gasteiger charge is -1.97. The first-order valence-electron chi connectivity index (χ1n) is 6.57. The van der Waals surface area contributed by atoms with Crippen molar-refractivity contribution in [2.45, 2.75) is 13.8 Å². The smallest absolute Gasteiger partial charge is 0.281 e. The van der Waals surface area contributed by atoms with Crippen molar-refractivity contribution in [3.8, 4) is 6.07 Å². The van der Waals surface area contributed by atoms with Crippen LogP contribution in [-0.2, 0) is 4.79 Å². The van der Waals surface area contributed by atoms with Gasteiger partial charge < -0.3 is 5.32 Å². The Morgan fingerprint density at radius 1 is 1.39 bits per heavy atom. The zero-order chi connectivity index (χ0) is 16.8. The lowest BCUT2D eigenvalue weighted by molar-refractivity contribution is -0.114. The topological polar surface area (TPSA) is 107 Å². The van der Waals surface area contributed by atoms with Crippen molar-refractivity contribution >= 4 is 34.4 Å². The molecule has 0 aromatic carbocycles. The van der Waals surface area contributed by atoms with Gasteiger partial charge in [0.05, 0.1) is 11.8 Å². The largest absolute Gasteiger partial charge is 0.317 e. The van der Waals surface area contributed by atoms with Crippen LogP contribution in [0.2, 0.25) is 0 Å². The molecule has 2 aromatic rings. The Bertz CT molecular complexity index is 805. The van der Waals surface area contributed by atoms with Crippen molar-refractivity contribution in [3.05, 3.63) is 46.1 Å². The van der Waals surface area contributed by atoms with Gasteiger partial charge in [0, 0.05) is 19.3 Å². The van der Waals surface area contributed by atoms with E-state index in [1.807, 2.05) is 6.07 Å². The monoisotopic (exact) mass is 327 g/mol. The van der Waals surface area contributed by atoms with E-state index in [0.29, 0.717) is 15.4 Å². The molecule has 0 aliphatic rings. The van der Waals surface area contributed by atoms with Crippen molar-refractivity contribution < 1.29 is 9.59 Å². The number of hydrazone groups is 1. The summed E-state index contributed by atoms with van der Waals surface area (Å²) in [6, 6.07) is 5.49.